The molecule has 76 valence electrons. The van der Waals surface area contributed by atoms with Crippen LogP contribution in [0.4, 0.5) is 5.69 Å². The van der Waals surface area contributed by atoms with Gasteiger partial charge in [0.15, 0.2) is 0 Å². The molecule has 0 saturated carbocycles. The van der Waals surface area contributed by atoms with Crippen molar-refractivity contribution in [2.24, 2.45) is 0 Å². The summed E-state index contributed by atoms with van der Waals surface area (Å²) >= 11 is 5.87. The number of nitrogens with zero attached hydrogens (tertiary/aromatic N) is 1. The Morgan fingerprint density at radius 2 is 2.07 bits per heavy atom. The van der Waals surface area contributed by atoms with Crippen molar-refractivity contribution >= 4 is 17.3 Å². The summed E-state index contributed by atoms with van der Waals surface area (Å²) in [5, 5.41) is 0.820. The van der Waals surface area contributed by atoms with Crippen LogP contribution in [0.15, 0.2) is 24.3 Å². The Hall–Kier alpha value is -0.690. The van der Waals surface area contributed by atoms with Crippen LogP contribution in [0.25, 0.3) is 0 Å². The van der Waals surface area contributed by atoms with E-state index < -0.39 is 0 Å². The molecule has 0 aliphatic carbocycles. The van der Waals surface area contributed by atoms with Gasteiger partial charge in [0.1, 0.15) is 0 Å². The molecule has 1 heterocycles. The molecular formula is C12H16ClN. The molecule has 1 aromatic rings. The minimum absolute atomic E-state index is 0.733. The molecule has 1 saturated heterocycles. The van der Waals surface area contributed by atoms with Crippen molar-refractivity contribution < 1.29 is 0 Å². The van der Waals surface area contributed by atoms with E-state index in [-0.39, 0.29) is 0 Å². The second-order valence-electron chi connectivity index (χ2n) is 3.87. The zero-order valence-electron chi connectivity index (χ0n) is 8.54. The van der Waals surface area contributed by atoms with Gasteiger partial charge in [-0.2, -0.15) is 0 Å². The molecule has 0 amide bonds. The molecule has 1 nitrogen and oxygen atoms in total. The molecule has 0 aromatic heterocycles. The van der Waals surface area contributed by atoms with E-state index in [9.17, 15) is 0 Å². The lowest BCUT2D eigenvalue weighted by Gasteiger charge is -2.25. The predicted molar refractivity (Wildman–Crippen MR) is 62.1 cm³/mol. The van der Waals surface area contributed by atoms with Gasteiger partial charge in [-0.05, 0) is 43.5 Å². The van der Waals surface area contributed by atoms with Crippen LogP contribution in [0.5, 0.6) is 0 Å². The zero-order chi connectivity index (χ0) is 9.97. The highest BCUT2D eigenvalue weighted by atomic mass is 35.5. The van der Waals surface area contributed by atoms with Gasteiger partial charge in [0.05, 0.1) is 0 Å². The number of benzene rings is 1. The van der Waals surface area contributed by atoms with Gasteiger partial charge in [-0.25, -0.2) is 0 Å². The minimum Gasteiger partial charge on any atom is -0.369 e. The molecule has 0 radical (unpaired) electrons. The first-order valence-corrected chi connectivity index (χ1v) is 5.71. The van der Waals surface area contributed by atoms with Gasteiger partial charge in [-0.15, -0.1) is 0 Å². The third-order valence-electron chi connectivity index (χ3n) is 3.01. The third kappa shape index (κ3) is 1.88. The fraction of sp³-hybridized carbons (Fsp3) is 0.500. The van der Waals surface area contributed by atoms with Crippen LogP contribution >= 0.6 is 11.6 Å². The summed E-state index contributed by atoms with van der Waals surface area (Å²) in [7, 11) is 0. The van der Waals surface area contributed by atoms with Crippen molar-refractivity contribution in [2.45, 2.75) is 32.2 Å². The monoisotopic (exact) mass is 209 g/mol. The lowest BCUT2D eigenvalue weighted by Crippen LogP contribution is -2.28. The molecule has 1 fully saturated rings. The first kappa shape index (κ1) is 9.85. The number of rotatable bonds is 2. The van der Waals surface area contributed by atoms with Crippen molar-refractivity contribution in [1.29, 1.82) is 0 Å². The second-order valence-corrected chi connectivity index (χ2v) is 4.31. The van der Waals surface area contributed by atoms with Crippen molar-refractivity contribution in [1.82, 2.24) is 0 Å². The molecule has 1 aliphatic heterocycles. The largest absolute Gasteiger partial charge is 0.369 e. The summed E-state index contributed by atoms with van der Waals surface area (Å²) in [6, 6.07) is 8.92. The average molecular weight is 210 g/mol. The summed E-state index contributed by atoms with van der Waals surface area (Å²) in [6.45, 7) is 3.46. The van der Waals surface area contributed by atoms with Crippen LogP contribution in [0.1, 0.15) is 26.2 Å². The van der Waals surface area contributed by atoms with E-state index in [1.165, 1.54) is 31.5 Å². The van der Waals surface area contributed by atoms with Crippen LogP contribution in [0, 0.1) is 0 Å². The van der Waals surface area contributed by atoms with Gasteiger partial charge in [-0.3, -0.25) is 0 Å². The van der Waals surface area contributed by atoms with Crippen LogP contribution in [-0.4, -0.2) is 12.6 Å². The van der Waals surface area contributed by atoms with Gasteiger partial charge in [0, 0.05) is 23.3 Å². The van der Waals surface area contributed by atoms with Crippen molar-refractivity contribution in [3.63, 3.8) is 0 Å². The molecule has 1 atom stereocenters. The third-order valence-corrected chi connectivity index (χ3v) is 3.26. The number of anilines is 1. The normalized spacial score (nSPS) is 21.6. The quantitative estimate of drug-likeness (QED) is 0.718. The van der Waals surface area contributed by atoms with Crippen LogP contribution < -0.4 is 4.90 Å². The second kappa shape index (κ2) is 4.22. The smallest absolute Gasteiger partial charge is 0.0407 e. The Kier molecular flexibility index (Phi) is 2.97. The first-order chi connectivity index (χ1) is 6.81. The fourth-order valence-corrected chi connectivity index (χ4v) is 2.36. The Labute approximate surface area is 90.7 Å². The van der Waals surface area contributed by atoms with Crippen molar-refractivity contribution in [3.05, 3.63) is 29.3 Å². The van der Waals surface area contributed by atoms with Gasteiger partial charge >= 0.3 is 0 Å². The Morgan fingerprint density at radius 3 is 2.71 bits per heavy atom. The predicted octanol–water partition coefficient (Wildman–Crippen LogP) is 3.72. The number of halogens is 1. The fourth-order valence-electron chi connectivity index (χ4n) is 2.23. The maximum absolute atomic E-state index is 5.87. The standard InChI is InChI=1S/C12H16ClN/c1-2-11-4-3-9-14(11)12-7-5-10(13)6-8-12/h5-8,11H,2-4,9H2,1H3. The summed E-state index contributed by atoms with van der Waals surface area (Å²) in [5.74, 6) is 0. The van der Waals surface area contributed by atoms with Gasteiger partial charge in [0.25, 0.3) is 0 Å². The van der Waals surface area contributed by atoms with Crippen LogP contribution in [0.2, 0.25) is 5.02 Å². The van der Waals surface area contributed by atoms with E-state index in [0.29, 0.717) is 0 Å². The van der Waals surface area contributed by atoms with Gasteiger partial charge in [0.2, 0.25) is 0 Å². The van der Waals surface area contributed by atoms with E-state index in [1.807, 2.05) is 12.1 Å². The van der Waals surface area contributed by atoms with E-state index in [0.717, 1.165) is 11.1 Å². The van der Waals surface area contributed by atoms with Crippen LogP contribution in [-0.2, 0) is 0 Å². The molecular weight excluding hydrogens is 194 g/mol. The SMILES string of the molecule is CCC1CCCN1c1ccc(Cl)cc1. The Balaban J connectivity index is 2.17. The Morgan fingerprint density at radius 1 is 1.36 bits per heavy atom. The molecule has 0 spiro atoms. The van der Waals surface area contributed by atoms with E-state index >= 15 is 0 Å². The van der Waals surface area contributed by atoms with E-state index in [1.54, 1.807) is 0 Å². The van der Waals surface area contributed by atoms with Gasteiger partial charge in [-0.1, -0.05) is 18.5 Å². The zero-order valence-corrected chi connectivity index (χ0v) is 9.30. The topological polar surface area (TPSA) is 3.24 Å². The molecule has 1 aromatic carbocycles. The highest BCUT2D eigenvalue weighted by Gasteiger charge is 2.22. The summed E-state index contributed by atoms with van der Waals surface area (Å²) < 4.78 is 0. The highest BCUT2D eigenvalue weighted by Crippen LogP contribution is 2.27. The molecule has 0 bridgehead atoms. The lowest BCUT2D eigenvalue weighted by atomic mass is 10.1. The summed E-state index contributed by atoms with van der Waals surface area (Å²) in [4.78, 5) is 2.50. The lowest BCUT2D eigenvalue weighted by molar-refractivity contribution is 0.645. The van der Waals surface area contributed by atoms with E-state index in [4.69, 9.17) is 11.6 Å². The summed E-state index contributed by atoms with van der Waals surface area (Å²) in [6.07, 6.45) is 3.89. The number of hydrogen-bond donors (Lipinski definition) is 0. The highest BCUT2D eigenvalue weighted by molar-refractivity contribution is 6.30. The summed E-state index contributed by atoms with van der Waals surface area (Å²) in [5.41, 5.74) is 1.32. The molecule has 14 heavy (non-hydrogen) atoms. The minimum atomic E-state index is 0.733. The average Bonchev–Trinajstić information content (AvgIpc) is 2.67. The van der Waals surface area contributed by atoms with Gasteiger partial charge < -0.3 is 4.90 Å². The van der Waals surface area contributed by atoms with Crippen molar-refractivity contribution in [2.75, 3.05) is 11.4 Å². The molecule has 2 heteroatoms. The molecule has 1 unspecified atom stereocenters. The first-order valence-electron chi connectivity index (χ1n) is 5.33. The molecule has 1 aliphatic rings. The molecule has 2 rings (SSSR count). The van der Waals surface area contributed by atoms with Crippen molar-refractivity contribution in [3.8, 4) is 0 Å². The number of hydrogen-bond acceptors (Lipinski definition) is 1. The Bertz CT molecular complexity index is 294. The maximum Gasteiger partial charge on any atom is 0.0407 e. The van der Waals surface area contributed by atoms with E-state index in [2.05, 4.69) is 24.0 Å². The maximum atomic E-state index is 5.87. The molecule has 0 N–H and O–H groups in total. The van der Waals surface area contributed by atoms with Crippen LogP contribution in [0.3, 0.4) is 0 Å².